The Morgan fingerprint density at radius 3 is 2.67 bits per heavy atom. The first-order valence-electron chi connectivity index (χ1n) is 7.73. The number of pyridine rings is 1. The van der Waals surface area contributed by atoms with E-state index in [-0.39, 0.29) is 0 Å². The van der Waals surface area contributed by atoms with Crippen molar-refractivity contribution in [3.05, 3.63) is 54.4 Å². The minimum Gasteiger partial charge on any atom is -0.382 e. The van der Waals surface area contributed by atoms with Crippen molar-refractivity contribution >= 4 is 16.7 Å². The summed E-state index contributed by atoms with van der Waals surface area (Å²) in [6.07, 6.45) is 4.15. The zero-order chi connectivity index (χ0) is 14.7. The highest BCUT2D eigenvalue weighted by Crippen LogP contribution is 2.34. The topological polar surface area (TPSA) is 29.9 Å². The van der Waals surface area contributed by atoms with Gasteiger partial charge in [0.2, 0.25) is 0 Å². The summed E-state index contributed by atoms with van der Waals surface area (Å²) in [5, 5.41) is 3.51. The zero-order valence-corrected chi connectivity index (χ0v) is 12.6. The van der Waals surface area contributed by atoms with Crippen LogP contribution < -0.4 is 5.32 Å². The molecule has 2 aromatic heterocycles. The van der Waals surface area contributed by atoms with Crippen LogP contribution in [0, 0.1) is 0 Å². The molecule has 3 nitrogen and oxygen atoms in total. The number of nitrogens with one attached hydrogen (secondary N) is 1. The largest absolute Gasteiger partial charge is 0.382 e. The molecule has 1 N–H and O–H groups in total. The number of hydrogen-bond donors (Lipinski definition) is 1. The fourth-order valence-electron chi connectivity index (χ4n) is 2.93. The fraction of sp³-hybridized carbons (Fsp3) is 0.278. The molecular weight excluding hydrogens is 258 g/mol. The number of benzene rings is 1. The van der Waals surface area contributed by atoms with Crippen LogP contribution in [0.4, 0.5) is 5.69 Å². The van der Waals surface area contributed by atoms with Crippen molar-refractivity contribution in [3.8, 4) is 5.69 Å². The Labute approximate surface area is 125 Å². The zero-order valence-electron chi connectivity index (χ0n) is 12.6. The molecule has 1 aliphatic heterocycles. The molecule has 21 heavy (non-hydrogen) atoms. The number of aromatic nitrogens is 2. The molecule has 0 spiro atoms. The summed E-state index contributed by atoms with van der Waals surface area (Å²) in [6, 6.07) is 14.7. The highest BCUT2D eigenvalue weighted by molar-refractivity contribution is 5.93. The summed E-state index contributed by atoms with van der Waals surface area (Å²) in [4.78, 5) is 4.56. The van der Waals surface area contributed by atoms with Gasteiger partial charge in [-0.05, 0) is 37.1 Å². The van der Waals surface area contributed by atoms with E-state index in [2.05, 4.69) is 51.3 Å². The molecule has 4 rings (SSSR count). The molecule has 3 aromatic rings. The first kappa shape index (κ1) is 13.7. The Bertz CT molecular complexity index is 729. The third-order valence-electron chi connectivity index (χ3n) is 3.73. The molecule has 0 atom stereocenters. The van der Waals surface area contributed by atoms with E-state index in [0.717, 1.165) is 18.5 Å². The molecule has 0 bridgehead atoms. The normalized spacial score (nSPS) is 13.0. The predicted molar refractivity (Wildman–Crippen MR) is 89.2 cm³/mol. The van der Waals surface area contributed by atoms with Crippen LogP contribution in [0.15, 0.2) is 48.7 Å². The smallest absolute Gasteiger partial charge is 0.112 e. The molecule has 0 radical (unpaired) electrons. The molecule has 1 aliphatic rings. The van der Waals surface area contributed by atoms with E-state index in [1.54, 1.807) is 0 Å². The van der Waals surface area contributed by atoms with Gasteiger partial charge in [-0.3, -0.25) is 4.98 Å². The summed E-state index contributed by atoms with van der Waals surface area (Å²) in [5.74, 6) is 0. The van der Waals surface area contributed by atoms with Crippen molar-refractivity contribution in [2.75, 3.05) is 11.9 Å². The van der Waals surface area contributed by atoms with Crippen molar-refractivity contribution in [2.24, 2.45) is 0 Å². The van der Waals surface area contributed by atoms with Crippen molar-refractivity contribution in [1.29, 1.82) is 0 Å². The van der Waals surface area contributed by atoms with Crippen LogP contribution in [-0.2, 0) is 6.42 Å². The lowest BCUT2D eigenvalue weighted by Crippen LogP contribution is -2.13. The van der Waals surface area contributed by atoms with Crippen LogP contribution in [-0.4, -0.2) is 16.1 Å². The molecule has 0 fully saturated rings. The van der Waals surface area contributed by atoms with Gasteiger partial charge in [0.05, 0.1) is 11.2 Å². The van der Waals surface area contributed by atoms with Gasteiger partial charge in [0.15, 0.2) is 0 Å². The Hall–Kier alpha value is -2.29. The van der Waals surface area contributed by atoms with Crippen molar-refractivity contribution in [1.82, 2.24) is 9.55 Å². The Morgan fingerprint density at radius 2 is 1.86 bits per heavy atom. The van der Waals surface area contributed by atoms with E-state index in [1.807, 2.05) is 26.1 Å². The number of para-hydroxylation sites is 1. The molecule has 108 valence electrons. The molecular formula is C18H21N3. The van der Waals surface area contributed by atoms with E-state index in [9.17, 15) is 0 Å². The Kier molecular flexibility index (Phi) is 3.91. The minimum atomic E-state index is 1.04. The van der Waals surface area contributed by atoms with Crippen molar-refractivity contribution < 1.29 is 0 Å². The average molecular weight is 279 g/mol. The second-order valence-corrected chi connectivity index (χ2v) is 4.89. The van der Waals surface area contributed by atoms with Gasteiger partial charge in [-0.2, -0.15) is 0 Å². The number of anilines is 1. The van der Waals surface area contributed by atoms with Gasteiger partial charge >= 0.3 is 0 Å². The van der Waals surface area contributed by atoms with E-state index in [4.69, 9.17) is 0 Å². The van der Waals surface area contributed by atoms with Crippen LogP contribution in [0.25, 0.3) is 16.7 Å². The Morgan fingerprint density at radius 1 is 1.05 bits per heavy atom. The summed E-state index contributed by atoms with van der Waals surface area (Å²) in [7, 11) is 0. The summed E-state index contributed by atoms with van der Waals surface area (Å²) in [6.45, 7) is 5.04. The monoisotopic (exact) mass is 279 g/mol. The van der Waals surface area contributed by atoms with Crippen molar-refractivity contribution in [3.63, 3.8) is 0 Å². The van der Waals surface area contributed by atoms with Gasteiger partial charge in [0, 0.05) is 24.1 Å². The molecule has 0 saturated carbocycles. The number of fused-ring (bicyclic) bond motifs is 3. The highest BCUT2D eigenvalue weighted by atomic mass is 15.1. The van der Waals surface area contributed by atoms with E-state index >= 15 is 0 Å². The number of rotatable bonds is 1. The standard InChI is InChI=1S/C16H15N3.C2H6/c1-2-6-12(7-3-1)19-13-8-4-10-17-15(13)16-14(19)9-5-11-18-16;1-2/h1-4,6-8,10,18H,5,9,11H2;1-2H3. The fourth-order valence-corrected chi connectivity index (χ4v) is 2.93. The Balaban J connectivity index is 0.000000636. The molecule has 3 heterocycles. The SMILES string of the molecule is CC.c1ccc(-n2c3c(c4ncccc42)NCCC3)cc1. The highest BCUT2D eigenvalue weighted by Gasteiger charge is 2.21. The first-order valence-corrected chi connectivity index (χ1v) is 7.73. The maximum atomic E-state index is 4.56. The average Bonchev–Trinajstić information content (AvgIpc) is 2.92. The second kappa shape index (κ2) is 6.00. The molecule has 0 saturated heterocycles. The van der Waals surface area contributed by atoms with Crippen molar-refractivity contribution in [2.45, 2.75) is 26.7 Å². The van der Waals surface area contributed by atoms with Gasteiger partial charge in [0.25, 0.3) is 0 Å². The summed E-state index contributed by atoms with van der Waals surface area (Å²) >= 11 is 0. The van der Waals surface area contributed by atoms with Gasteiger partial charge in [0.1, 0.15) is 5.52 Å². The van der Waals surface area contributed by atoms with E-state index < -0.39 is 0 Å². The lowest BCUT2D eigenvalue weighted by atomic mass is 10.1. The maximum Gasteiger partial charge on any atom is 0.112 e. The van der Waals surface area contributed by atoms with E-state index in [0.29, 0.717) is 0 Å². The van der Waals surface area contributed by atoms with Crippen LogP contribution in [0.1, 0.15) is 26.0 Å². The minimum absolute atomic E-state index is 1.04. The quantitative estimate of drug-likeness (QED) is 0.715. The summed E-state index contributed by atoms with van der Waals surface area (Å²) < 4.78 is 2.34. The molecule has 0 unspecified atom stereocenters. The van der Waals surface area contributed by atoms with Gasteiger partial charge in [-0.25, -0.2) is 0 Å². The maximum absolute atomic E-state index is 4.56. The van der Waals surface area contributed by atoms with E-state index in [1.165, 1.54) is 29.0 Å². The molecule has 0 amide bonds. The van der Waals surface area contributed by atoms with Crippen LogP contribution in [0.2, 0.25) is 0 Å². The lowest BCUT2D eigenvalue weighted by Gasteiger charge is -2.17. The number of hydrogen-bond acceptors (Lipinski definition) is 2. The van der Waals surface area contributed by atoms with Crippen LogP contribution in [0.3, 0.4) is 0 Å². The molecule has 1 aromatic carbocycles. The first-order chi connectivity index (χ1) is 10.4. The molecule has 3 heteroatoms. The number of nitrogens with zero attached hydrogens (tertiary/aromatic N) is 2. The third-order valence-corrected chi connectivity index (χ3v) is 3.73. The third kappa shape index (κ3) is 2.29. The summed E-state index contributed by atoms with van der Waals surface area (Å²) in [5.41, 5.74) is 6.05. The second-order valence-electron chi connectivity index (χ2n) is 4.89. The van der Waals surface area contributed by atoms with Gasteiger partial charge < -0.3 is 9.88 Å². The van der Waals surface area contributed by atoms with Crippen LogP contribution in [0.5, 0.6) is 0 Å². The molecule has 0 aliphatic carbocycles. The van der Waals surface area contributed by atoms with Crippen LogP contribution >= 0.6 is 0 Å². The van der Waals surface area contributed by atoms with Gasteiger partial charge in [-0.15, -0.1) is 0 Å². The predicted octanol–water partition coefficient (Wildman–Crippen LogP) is 4.41. The lowest BCUT2D eigenvalue weighted by molar-refractivity contribution is 0.788. The van der Waals surface area contributed by atoms with Gasteiger partial charge in [-0.1, -0.05) is 32.0 Å².